The van der Waals surface area contributed by atoms with Crippen molar-refractivity contribution in [2.24, 2.45) is 0 Å². The highest BCUT2D eigenvalue weighted by Gasteiger charge is 2.49. The maximum Gasteiger partial charge on any atom is 0.494 e. The predicted octanol–water partition coefficient (Wildman–Crippen LogP) is 1.47. The van der Waals surface area contributed by atoms with Gasteiger partial charge >= 0.3 is 7.12 Å². The van der Waals surface area contributed by atoms with Crippen LogP contribution in [0.3, 0.4) is 0 Å². The first-order valence-corrected chi connectivity index (χ1v) is 8.73. The van der Waals surface area contributed by atoms with Crippen LogP contribution >= 0.6 is 0 Å². The first kappa shape index (κ1) is 17.9. The van der Waals surface area contributed by atoms with Crippen molar-refractivity contribution in [3.63, 3.8) is 0 Å². The van der Waals surface area contributed by atoms with E-state index in [1.165, 1.54) is 0 Å². The summed E-state index contributed by atoms with van der Waals surface area (Å²) in [6.07, 6.45) is 1.83. The van der Waals surface area contributed by atoms with Crippen molar-refractivity contribution in [2.45, 2.75) is 63.8 Å². The second-order valence-electron chi connectivity index (χ2n) is 8.16. The largest absolute Gasteiger partial charge is 0.494 e. The van der Waals surface area contributed by atoms with Crippen LogP contribution in [0.15, 0.2) is 30.3 Å². The molecule has 0 spiro atoms. The number of hydrogen-bond donors (Lipinski definition) is 0. The van der Waals surface area contributed by atoms with E-state index in [2.05, 4.69) is 27.7 Å². The molecule has 5 nitrogen and oxygen atoms in total. The van der Waals surface area contributed by atoms with Crippen molar-refractivity contribution >= 4 is 12.6 Å². The van der Waals surface area contributed by atoms with Crippen molar-refractivity contribution in [1.82, 2.24) is 5.06 Å². The van der Waals surface area contributed by atoms with Crippen LogP contribution in [0.2, 0.25) is 0 Å². The summed E-state index contributed by atoms with van der Waals surface area (Å²) < 4.78 is 17.9. The lowest BCUT2D eigenvalue weighted by Crippen LogP contribution is -2.60. The highest BCUT2D eigenvalue weighted by Crippen LogP contribution is 2.38. The van der Waals surface area contributed by atoms with E-state index in [1.807, 2.05) is 30.3 Å². The average Bonchev–Trinajstić information content (AvgIpc) is 3.00. The molecule has 0 bridgehead atoms. The maximum absolute atomic E-state index is 8.32. The monoisotopic (exact) mass is 334 g/mol. The van der Waals surface area contributed by atoms with Gasteiger partial charge < -0.3 is 19.3 Å². The van der Waals surface area contributed by atoms with Crippen molar-refractivity contribution in [1.29, 1.82) is 0 Å². The molecule has 0 aliphatic carbocycles. The van der Waals surface area contributed by atoms with E-state index in [0.29, 0.717) is 13.2 Å². The number of ether oxygens (including phenoxy) is 1. The number of hydrogen-bond acceptors (Lipinski definition) is 4. The third-order valence-corrected chi connectivity index (χ3v) is 5.00. The molecule has 2 heterocycles. The van der Waals surface area contributed by atoms with E-state index in [9.17, 15) is 0 Å². The predicted molar refractivity (Wildman–Crippen MR) is 95.2 cm³/mol. The number of rotatable bonds is 4. The minimum absolute atomic E-state index is 0.0320. The number of piperidine rings is 1. The summed E-state index contributed by atoms with van der Waals surface area (Å²) in [4.78, 5) is 0. The van der Waals surface area contributed by atoms with Gasteiger partial charge in [0, 0.05) is 0 Å². The fourth-order valence-corrected chi connectivity index (χ4v) is 3.87. The molecular formula is C18H29BNO4+. The Bertz CT molecular complexity index is 533. The summed E-state index contributed by atoms with van der Waals surface area (Å²) in [6.45, 7) is 9.54. The molecule has 0 saturated carbocycles. The lowest BCUT2D eigenvalue weighted by molar-refractivity contribution is -0.262. The Labute approximate surface area is 145 Å². The van der Waals surface area contributed by atoms with Crippen LogP contribution in [0.4, 0.5) is 0 Å². The third kappa shape index (κ3) is 3.84. The Balaban J connectivity index is 1.52. The zero-order valence-corrected chi connectivity index (χ0v) is 15.1. The summed E-state index contributed by atoms with van der Waals surface area (Å²) in [5.74, 6) is 0. The van der Waals surface area contributed by atoms with Crippen LogP contribution in [-0.2, 0) is 14.0 Å². The van der Waals surface area contributed by atoms with Crippen LogP contribution in [0.25, 0.3) is 0 Å². The summed E-state index contributed by atoms with van der Waals surface area (Å²) in [6, 6.07) is 10.0. The van der Waals surface area contributed by atoms with Gasteiger partial charge in [-0.1, -0.05) is 35.4 Å². The molecule has 0 radical (unpaired) electrons. The van der Waals surface area contributed by atoms with Crippen LogP contribution < -0.4 is 5.46 Å². The van der Waals surface area contributed by atoms with Gasteiger partial charge in [0.2, 0.25) is 0 Å². The smallest absolute Gasteiger partial charge is 0.405 e. The Morgan fingerprint density at radius 2 is 1.79 bits per heavy atom. The zero-order valence-electron chi connectivity index (χ0n) is 15.1. The zero-order chi connectivity index (χ0) is 17.4. The van der Waals surface area contributed by atoms with Gasteiger partial charge in [-0.05, 0) is 46.0 Å². The molecule has 2 aliphatic rings. The van der Waals surface area contributed by atoms with Gasteiger partial charge in [0.05, 0.1) is 36.5 Å². The lowest BCUT2D eigenvalue weighted by Gasteiger charge is -2.47. The molecule has 2 N–H and O–H groups in total. The average molecular weight is 334 g/mol. The third-order valence-electron chi connectivity index (χ3n) is 5.00. The molecule has 2 aliphatic heterocycles. The number of hydroxylamine groups is 2. The molecule has 2 saturated heterocycles. The van der Waals surface area contributed by atoms with E-state index in [1.54, 1.807) is 5.06 Å². The Morgan fingerprint density at radius 3 is 2.42 bits per heavy atom. The highest BCUT2D eigenvalue weighted by atomic mass is 16.7. The molecule has 0 amide bonds. The normalized spacial score (nSPS) is 27.5. The van der Waals surface area contributed by atoms with Crippen molar-refractivity contribution in [3.05, 3.63) is 30.3 Å². The number of benzene rings is 1. The van der Waals surface area contributed by atoms with Crippen molar-refractivity contribution in [3.8, 4) is 0 Å². The van der Waals surface area contributed by atoms with E-state index >= 15 is 0 Å². The van der Waals surface area contributed by atoms with E-state index < -0.39 is 0 Å². The molecular weight excluding hydrogens is 305 g/mol. The maximum atomic E-state index is 8.32. The van der Waals surface area contributed by atoms with Crippen molar-refractivity contribution < 1.29 is 19.3 Å². The first-order valence-electron chi connectivity index (χ1n) is 8.73. The van der Waals surface area contributed by atoms with Gasteiger partial charge in [0.15, 0.2) is 0 Å². The van der Waals surface area contributed by atoms with Gasteiger partial charge in [-0.25, -0.2) is 0 Å². The molecule has 3 rings (SSSR count). The summed E-state index contributed by atoms with van der Waals surface area (Å²) >= 11 is 0. The molecule has 0 aromatic heterocycles. The van der Waals surface area contributed by atoms with E-state index in [-0.39, 0.29) is 30.4 Å². The Kier molecular flexibility index (Phi) is 5.05. The minimum Gasteiger partial charge on any atom is -0.405 e. The van der Waals surface area contributed by atoms with Gasteiger partial charge in [-0.2, -0.15) is 0 Å². The summed E-state index contributed by atoms with van der Waals surface area (Å²) in [5.41, 5.74) is 0.669. The lowest BCUT2D eigenvalue weighted by atomic mass is 9.79. The molecule has 24 heavy (non-hydrogen) atoms. The van der Waals surface area contributed by atoms with Gasteiger partial charge in [0.1, 0.15) is 0 Å². The molecule has 1 aromatic carbocycles. The Morgan fingerprint density at radius 1 is 1.17 bits per heavy atom. The van der Waals surface area contributed by atoms with Crippen LogP contribution in [0, 0.1) is 0 Å². The summed E-state index contributed by atoms with van der Waals surface area (Å²) in [5, 5.41) is 10.0. The SMILES string of the molecule is CC1(C)CC(OCC2COB(c3ccccc3)O2)CC(C)(C)N1[OH2+]. The molecule has 6 heteroatoms. The van der Waals surface area contributed by atoms with E-state index in [4.69, 9.17) is 19.3 Å². The van der Waals surface area contributed by atoms with Crippen LogP contribution in [0.5, 0.6) is 0 Å². The number of nitrogens with zero attached hydrogens (tertiary/aromatic N) is 1. The fourth-order valence-electron chi connectivity index (χ4n) is 3.87. The second-order valence-corrected chi connectivity index (χ2v) is 8.16. The quantitative estimate of drug-likeness (QED) is 0.618. The van der Waals surface area contributed by atoms with E-state index in [0.717, 1.165) is 18.3 Å². The van der Waals surface area contributed by atoms with Crippen molar-refractivity contribution in [2.75, 3.05) is 13.2 Å². The second kappa shape index (κ2) is 6.77. The van der Waals surface area contributed by atoms with Gasteiger partial charge in [-0.3, -0.25) is 0 Å². The minimum atomic E-state index is -0.289. The molecule has 1 unspecified atom stereocenters. The topological polar surface area (TPSA) is 53.8 Å². The Hall–Kier alpha value is -0.915. The molecule has 1 atom stereocenters. The van der Waals surface area contributed by atoms with Crippen LogP contribution in [0.1, 0.15) is 40.5 Å². The standard InChI is InChI=1S/C18H28BNO4/c1-17(2)10-15(11-18(3,4)20(17)21)22-12-16-13-23-19(24-16)14-8-6-5-7-9-14/h5-9,15-16,21H,10-13H2,1-4H3/p+1. The van der Waals surface area contributed by atoms with Gasteiger partial charge in [-0.15, -0.1) is 0 Å². The molecule has 1 aromatic rings. The highest BCUT2D eigenvalue weighted by molar-refractivity contribution is 6.61. The fraction of sp³-hybridized carbons (Fsp3) is 0.667. The molecule has 2 fully saturated rings. The summed E-state index contributed by atoms with van der Waals surface area (Å²) in [7, 11) is -0.289. The van der Waals surface area contributed by atoms with Crippen LogP contribution in [-0.4, -0.2) is 53.9 Å². The molecule has 132 valence electrons. The first-order chi connectivity index (χ1) is 11.3. The van der Waals surface area contributed by atoms with Gasteiger partial charge in [0.25, 0.3) is 0 Å².